The van der Waals surface area contributed by atoms with Crippen molar-refractivity contribution in [2.75, 3.05) is 30.1 Å². The van der Waals surface area contributed by atoms with Gasteiger partial charge in [0.15, 0.2) is 9.84 Å². The molecule has 6 nitrogen and oxygen atoms in total. The van der Waals surface area contributed by atoms with Gasteiger partial charge in [0, 0.05) is 18.3 Å². The average Bonchev–Trinajstić information content (AvgIpc) is 2.99. The predicted molar refractivity (Wildman–Crippen MR) is 108 cm³/mol. The molecule has 1 amide bonds. The van der Waals surface area contributed by atoms with Crippen LogP contribution in [0.4, 0.5) is 5.69 Å². The Labute approximate surface area is 165 Å². The average molecular weight is 401 g/mol. The highest BCUT2D eigenvalue weighted by Crippen LogP contribution is 2.33. The van der Waals surface area contributed by atoms with E-state index in [4.69, 9.17) is 4.74 Å². The van der Waals surface area contributed by atoms with Crippen molar-refractivity contribution in [3.63, 3.8) is 0 Å². The molecular formula is C21H24N2O4S. The largest absolute Gasteiger partial charge is 0.497 e. The molecule has 2 aromatic rings. The summed E-state index contributed by atoms with van der Waals surface area (Å²) in [6.45, 7) is 2.80. The van der Waals surface area contributed by atoms with Gasteiger partial charge < -0.3 is 9.64 Å². The van der Waals surface area contributed by atoms with Crippen LogP contribution >= 0.6 is 0 Å². The minimum atomic E-state index is -3.20. The highest BCUT2D eigenvalue weighted by molar-refractivity contribution is 7.91. The fraction of sp³-hybridized carbons (Fsp3) is 0.381. The Morgan fingerprint density at radius 1 is 1.00 bits per heavy atom. The number of hydrogen-bond donors (Lipinski definition) is 0. The van der Waals surface area contributed by atoms with Crippen molar-refractivity contribution < 1.29 is 17.9 Å². The van der Waals surface area contributed by atoms with Crippen molar-refractivity contribution in [3.05, 3.63) is 59.7 Å². The second-order valence-corrected chi connectivity index (χ2v) is 9.72. The number of methoxy groups -OCH3 is 1. The van der Waals surface area contributed by atoms with Gasteiger partial charge in [0.05, 0.1) is 31.2 Å². The van der Waals surface area contributed by atoms with Crippen molar-refractivity contribution in [2.24, 2.45) is 0 Å². The summed E-state index contributed by atoms with van der Waals surface area (Å²) in [6.07, 6.45) is 0. The van der Waals surface area contributed by atoms with E-state index >= 15 is 0 Å². The van der Waals surface area contributed by atoms with Crippen molar-refractivity contribution in [1.82, 2.24) is 4.90 Å². The molecule has 0 radical (unpaired) electrons. The smallest absolute Gasteiger partial charge is 0.241 e. The number of fused-ring (bicyclic) bond motifs is 1. The minimum absolute atomic E-state index is 0.000165. The van der Waals surface area contributed by atoms with E-state index in [0.29, 0.717) is 18.0 Å². The zero-order valence-electron chi connectivity index (χ0n) is 16.0. The molecule has 148 valence electrons. The highest BCUT2D eigenvalue weighted by atomic mass is 32.2. The number of amides is 1. The van der Waals surface area contributed by atoms with Gasteiger partial charge in [0.25, 0.3) is 0 Å². The van der Waals surface area contributed by atoms with Crippen LogP contribution in [0.25, 0.3) is 0 Å². The molecule has 2 heterocycles. The number of carbonyl (C=O) groups is 1. The number of hydrogen-bond acceptors (Lipinski definition) is 5. The Morgan fingerprint density at radius 3 is 2.29 bits per heavy atom. The summed E-state index contributed by atoms with van der Waals surface area (Å²) in [5, 5.41) is 0. The molecule has 2 aliphatic rings. The molecule has 0 unspecified atom stereocenters. The first-order valence-electron chi connectivity index (χ1n) is 9.32. The zero-order chi connectivity index (χ0) is 19.9. The summed E-state index contributed by atoms with van der Waals surface area (Å²) >= 11 is 0. The Morgan fingerprint density at radius 2 is 1.64 bits per heavy atom. The summed E-state index contributed by atoms with van der Waals surface area (Å²) in [7, 11) is -1.61. The van der Waals surface area contributed by atoms with Crippen LogP contribution < -0.4 is 9.64 Å². The Bertz CT molecular complexity index is 970. The van der Waals surface area contributed by atoms with Crippen LogP contribution in [0.2, 0.25) is 0 Å². The lowest BCUT2D eigenvalue weighted by molar-refractivity contribution is -0.123. The van der Waals surface area contributed by atoms with E-state index in [1.807, 2.05) is 48.2 Å². The Hall–Kier alpha value is -2.38. The summed E-state index contributed by atoms with van der Waals surface area (Å²) in [5.74, 6) is 0.712. The fourth-order valence-corrected chi connectivity index (χ4v) is 6.12. The van der Waals surface area contributed by atoms with Gasteiger partial charge in [-0.15, -0.1) is 0 Å². The lowest BCUT2D eigenvalue weighted by Crippen LogP contribution is -2.61. The molecular weight excluding hydrogens is 376 g/mol. The summed E-state index contributed by atoms with van der Waals surface area (Å²) in [4.78, 5) is 16.7. The predicted octanol–water partition coefficient (Wildman–Crippen LogP) is 2.02. The molecule has 2 aromatic carbocycles. The molecule has 0 bridgehead atoms. The first-order chi connectivity index (χ1) is 13.4. The first kappa shape index (κ1) is 19.0. The summed E-state index contributed by atoms with van der Waals surface area (Å²) in [5.41, 5.74) is 2.97. The number of carbonyl (C=O) groups excluding carboxylic acids is 1. The van der Waals surface area contributed by atoms with Gasteiger partial charge in [0.1, 0.15) is 5.75 Å². The number of piperazine rings is 1. The van der Waals surface area contributed by atoms with Crippen LogP contribution in [-0.4, -0.2) is 56.5 Å². The number of rotatable bonds is 4. The van der Waals surface area contributed by atoms with Crippen molar-refractivity contribution >= 4 is 21.4 Å². The van der Waals surface area contributed by atoms with Crippen LogP contribution in [0, 0.1) is 6.92 Å². The maximum atomic E-state index is 13.0. The number of benzene rings is 2. The molecule has 2 atom stereocenters. The minimum Gasteiger partial charge on any atom is -0.497 e. The maximum Gasteiger partial charge on any atom is 0.241 e. The third kappa shape index (κ3) is 3.64. The fourth-order valence-electron chi connectivity index (χ4n) is 4.14. The number of aryl methyl sites for hydroxylation is 1. The molecule has 0 aliphatic carbocycles. The van der Waals surface area contributed by atoms with Gasteiger partial charge in [0.2, 0.25) is 5.91 Å². The zero-order valence-corrected chi connectivity index (χ0v) is 16.9. The monoisotopic (exact) mass is 400 g/mol. The summed E-state index contributed by atoms with van der Waals surface area (Å²) in [6, 6.07) is 14.8. The molecule has 2 fully saturated rings. The van der Waals surface area contributed by atoms with Crippen LogP contribution in [0.5, 0.6) is 5.75 Å². The lowest BCUT2D eigenvalue weighted by atomic mass is 10.0. The first-order valence-corrected chi connectivity index (χ1v) is 11.1. The van der Waals surface area contributed by atoms with Crippen molar-refractivity contribution in [2.45, 2.75) is 25.6 Å². The quantitative estimate of drug-likeness (QED) is 0.786. The molecule has 7 heteroatoms. The van der Waals surface area contributed by atoms with Crippen LogP contribution in [0.3, 0.4) is 0 Å². The second kappa shape index (κ2) is 7.22. The van der Waals surface area contributed by atoms with Crippen LogP contribution in [-0.2, 0) is 21.2 Å². The molecule has 4 rings (SSSR count). The maximum absolute atomic E-state index is 13.0. The van der Waals surface area contributed by atoms with Crippen LogP contribution in [0.15, 0.2) is 48.5 Å². The van der Waals surface area contributed by atoms with Gasteiger partial charge in [-0.2, -0.15) is 0 Å². The Kier molecular flexibility index (Phi) is 4.89. The molecule has 0 spiro atoms. The lowest BCUT2D eigenvalue weighted by Gasteiger charge is -2.43. The molecule has 0 N–H and O–H groups in total. The normalized spacial score (nSPS) is 24.2. The molecule has 0 aromatic heterocycles. The van der Waals surface area contributed by atoms with Gasteiger partial charge in [-0.3, -0.25) is 9.69 Å². The third-order valence-corrected chi connectivity index (χ3v) is 7.26. The molecule has 28 heavy (non-hydrogen) atoms. The van der Waals surface area contributed by atoms with E-state index in [-0.39, 0.29) is 36.0 Å². The van der Waals surface area contributed by atoms with E-state index in [1.165, 1.54) is 5.56 Å². The number of nitrogens with zero attached hydrogens (tertiary/aromatic N) is 2. The number of ether oxygens (including phenoxy) is 1. The third-order valence-electron chi connectivity index (χ3n) is 5.56. The SMILES string of the molecule is COc1ccc(N2C(=O)CN(Cc3ccc(C)cc3)[C@H]3CS(=O)(=O)C[C@H]32)cc1. The van der Waals surface area contributed by atoms with E-state index < -0.39 is 9.84 Å². The van der Waals surface area contributed by atoms with Crippen LogP contribution in [0.1, 0.15) is 11.1 Å². The van der Waals surface area contributed by atoms with E-state index in [0.717, 1.165) is 5.56 Å². The van der Waals surface area contributed by atoms with E-state index in [9.17, 15) is 13.2 Å². The molecule has 2 aliphatic heterocycles. The number of anilines is 1. The topological polar surface area (TPSA) is 66.9 Å². The molecule has 2 saturated heterocycles. The Balaban J connectivity index is 1.64. The van der Waals surface area contributed by atoms with Crippen molar-refractivity contribution in [3.8, 4) is 5.75 Å². The molecule has 0 saturated carbocycles. The van der Waals surface area contributed by atoms with Gasteiger partial charge in [-0.1, -0.05) is 29.8 Å². The highest BCUT2D eigenvalue weighted by Gasteiger charge is 2.49. The summed E-state index contributed by atoms with van der Waals surface area (Å²) < 4.78 is 30.1. The van der Waals surface area contributed by atoms with Gasteiger partial charge >= 0.3 is 0 Å². The van der Waals surface area contributed by atoms with Gasteiger partial charge in [-0.05, 0) is 36.8 Å². The standard InChI is InChI=1S/C21H24N2O4S/c1-15-3-5-16(6-4-15)11-22-12-21(24)23(17-7-9-18(27-2)10-8-17)20-14-28(25,26)13-19(20)22/h3-10,19-20H,11-14H2,1-2H3/t19-,20+/m0/s1. The van der Waals surface area contributed by atoms with E-state index in [1.54, 1.807) is 24.1 Å². The van der Waals surface area contributed by atoms with Gasteiger partial charge in [-0.25, -0.2) is 8.42 Å². The number of sulfone groups is 1. The van der Waals surface area contributed by atoms with E-state index in [2.05, 4.69) is 0 Å². The second-order valence-electron chi connectivity index (χ2n) is 7.56. The van der Waals surface area contributed by atoms with Crippen molar-refractivity contribution in [1.29, 1.82) is 0 Å².